The fourth-order valence-electron chi connectivity index (χ4n) is 2.86. The maximum absolute atomic E-state index is 12.2. The van der Waals surface area contributed by atoms with E-state index < -0.39 is 5.97 Å². The van der Waals surface area contributed by atoms with Crippen LogP contribution in [0.15, 0.2) is 30.5 Å². The normalized spacial score (nSPS) is 14.5. The van der Waals surface area contributed by atoms with Gasteiger partial charge in [-0.2, -0.15) is 0 Å². The first-order chi connectivity index (χ1) is 11.7. The number of nitrogens with zero attached hydrogens (tertiary/aromatic N) is 3. The molecule has 0 bridgehead atoms. The van der Waals surface area contributed by atoms with Gasteiger partial charge in [0.15, 0.2) is 5.82 Å². The minimum absolute atomic E-state index is 0.117. The first-order valence-corrected chi connectivity index (χ1v) is 8.28. The van der Waals surface area contributed by atoms with Gasteiger partial charge in [0.1, 0.15) is 17.1 Å². The second-order valence-corrected chi connectivity index (χ2v) is 5.72. The maximum atomic E-state index is 12.2. The highest BCUT2D eigenvalue weighted by Gasteiger charge is 2.23. The van der Waals surface area contributed by atoms with Crippen LogP contribution in [-0.2, 0) is 4.74 Å². The zero-order valence-corrected chi connectivity index (χ0v) is 13.7. The van der Waals surface area contributed by atoms with Gasteiger partial charge in [-0.25, -0.2) is 14.8 Å². The number of anilines is 1. The number of aromatic nitrogens is 2. The fraction of sp³-hybridized carbons (Fsp3) is 0.389. The van der Waals surface area contributed by atoms with Crippen LogP contribution < -0.4 is 4.90 Å². The van der Waals surface area contributed by atoms with Crippen molar-refractivity contribution in [2.75, 3.05) is 24.6 Å². The van der Waals surface area contributed by atoms with E-state index in [1.54, 1.807) is 25.1 Å². The van der Waals surface area contributed by atoms with E-state index >= 15 is 0 Å². The summed E-state index contributed by atoms with van der Waals surface area (Å²) in [5.41, 5.74) is 0.920. The molecule has 24 heavy (non-hydrogen) atoms. The molecular formula is C18H21N3O3. The Morgan fingerprint density at radius 2 is 2.00 bits per heavy atom. The lowest BCUT2D eigenvalue weighted by Crippen LogP contribution is -2.32. The van der Waals surface area contributed by atoms with Gasteiger partial charge in [0.05, 0.1) is 12.2 Å². The number of phenolic OH excluding ortho intramolecular Hbond substituents is 1. The highest BCUT2D eigenvalue weighted by molar-refractivity contribution is 5.95. The van der Waals surface area contributed by atoms with Crippen LogP contribution in [0.5, 0.6) is 5.75 Å². The Morgan fingerprint density at radius 3 is 2.71 bits per heavy atom. The summed E-state index contributed by atoms with van der Waals surface area (Å²) >= 11 is 0. The Kier molecular flexibility index (Phi) is 4.93. The van der Waals surface area contributed by atoms with Gasteiger partial charge in [0.25, 0.3) is 0 Å². The van der Waals surface area contributed by atoms with Crippen LogP contribution in [0.2, 0.25) is 0 Å². The molecule has 2 heterocycles. The number of piperidine rings is 1. The number of hydrogen-bond donors (Lipinski definition) is 1. The molecule has 6 nitrogen and oxygen atoms in total. The SMILES string of the molecule is CCOC(=O)c1cnc(-c2ccccc2O)nc1N1CCCCC1. The monoisotopic (exact) mass is 327 g/mol. The third kappa shape index (κ3) is 3.32. The number of aromatic hydroxyl groups is 1. The number of carbonyl (C=O) groups excluding carboxylic acids is 1. The summed E-state index contributed by atoms with van der Waals surface area (Å²) in [4.78, 5) is 23.2. The molecule has 2 aromatic rings. The van der Waals surface area contributed by atoms with Gasteiger partial charge in [-0.05, 0) is 38.3 Å². The number of esters is 1. The summed E-state index contributed by atoms with van der Waals surface area (Å²) in [5, 5.41) is 10.0. The first-order valence-electron chi connectivity index (χ1n) is 8.28. The molecule has 1 aliphatic rings. The van der Waals surface area contributed by atoms with E-state index in [4.69, 9.17) is 4.74 Å². The topological polar surface area (TPSA) is 75.5 Å². The Hall–Kier alpha value is -2.63. The molecule has 0 saturated carbocycles. The number of benzene rings is 1. The minimum atomic E-state index is -0.415. The number of para-hydroxylation sites is 1. The maximum Gasteiger partial charge on any atom is 0.343 e. The average Bonchev–Trinajstić information content (AvgIpc) is 2.62. The van der Waals surface area contributed by atoms with Gasteiger partial charge in [-0.3, -0.25) is 0 Å². The van der Waals surface area contributed by atoms with Gasteiger partial charge in [-0.15, -0.1) is 0 Å². The average molecular weight is 327 g/mol. The highest BCUT2D eigenvalue weighted by Crippen LogP contribution is 2.29. The van der Waals surface area contributed by atoms with Crippen molar-refractivity contribution in [1.29, 1.82) is 0 Å². The lowest BCUT2D eigenvalue weighted by Gasteiger charge is -2.29. The zero-order chi connectivity index (χ0) is 16.9. The lowest BCUT2D eigenvalue weighted by atomic mass is 10.1. The molecule has 0 aliphatic carbocycles. The fourth-order valence-corrected chi connectivity index (χ4v) is 2.86. The van der Waals surface area contributed by atoms with Gasteiger partial charge in [0, 0.05) is 19.3 Å². The molecular weight excluding hydrogens is 306 g/mol. The molecule has 0 radical (unpaired) electrons. The molecule has 1 aromatic carbocycles. The van der Waals surface area contributed by atoms with Crippen LogP contribution in [0, 0.1) is 0 Å². The van der Waals surface area contributed by atoms with E-state index in [0.29, 0.717) is 29.4 Å². The van der Waals surface area contributed by atoms with E-state index in [-0.39, 0.29) is 5.75 Å². The van der Waals surface area contributed by atoms with E-state index in [0.717, 1.165) is 25.9 Å². The van der Waals surface area contributed by atoms with Crippen molar-refractivity contribution >= 4 is 11.8 Å². The van der Waals surface area contributed by atoms with Crippen molar-refractivity contribution in [3.8, 4) is 17.1 Å². The van der Waals surface area contributed by atoms with Crippen LogP contribution in [0.3, 0.4) is 0 Å². The van der Waals surface area contributed by atoms with Gasteiger partial charge in [-0.1, -0.05) is 12.1 Å². The number of phenols is 1. The molecule has 0 atom stereocenters. The molecule has 3 rings (SSSR count). The molecule has 1 fully saturated rings. The van der Waals surface area contributed by atoms with E-state index in [1.165, 1.54) is 12.6 Å². The molecule has 0 unspecified atom stereocenters. The highest BCUT2D eigenvalue weighted by atomic mass is 16.5. The summed E-state index contributed by atoms with van der Waals surface area (Å²) in [7, 11) is 0. The predicted molar refractivity (Wildman–Crippen MR) is 91.2 cm³/mol. The van der Waals surface area contributed by atoms with Crippen molar-refractivity contribution in [3.63, 3.8) is 0 Å². The second-order valence-electron chi connectivity index (χ2n) is 5.72. The van der Waals surface area contributed by atoms with E-state index in [2.05, 4.69) is 14.9 Å². The quantitative estimate of drug-likeness (QED) is 0.870. The molecule has 1 N–H and O–H groups in total. The molecule has 1 saturated heterocycles. The van der Waals surface area contributed by atoms with Crippen LogP contribution in [-0.4, -0.2) is 40.7 Å². The predicted octanol–water partition coefficient (Wildman–Crippen LogP) is 3.02. The van der Waals surface area contributed by atoms with Crippen LogP contribution in [0.4, 0.5) is 5.82 Å². The number of rotatable bonds is 4. The summed E-state index contributed by atoms with van der Waals surface area (Å²) in [5.74, 6) is 0.691. The van der Waals surface area contributed by atoms with Crippen molar-refractivity contribution in [1.82, 2.24) is 9.97 Å². The summed E-state index contributed by atoms with van der Waals surface area (Å²) in [6.45, 7) is 3.78. The van der Waals surface area contributed by atoms with Crippen molar-refractivity contribution < 1.29 is 14.6 Å². The van der Waals surface area contributed by atoms with Gasteiger partial charge >= 0.3 is 5.97 Å². The third-order valence-electron chi connectivity index (χ3n) is 4.06. The lowest BCUT2D eigenvalue weighted by molar-refractivity contribution is 0.0526. The minimum Gasteiger partial charge on any atom is -0.507 e. The first kappa shape index (κ1) is 16.2. The summed E-state index contributed by atoms with van der Waals surface area (Å²) in [6, 6.07) is 6.92. The van der Waals surface area contributed by atoms with Crippen molar-refractivity contribution in [2.45, 2.75) is 26.2 Å². The standard InChI is InChI=1S/C18H21N3O3/c1-2-24-18(23)14-12-19-16(13-8-4-5-9-15(13)22)20-17(14)21-10-6-3-7-11-21/h4-5,8-9,12,22H,2-3,6-7,10-11H2,1H3. The largest absolute Gasteiger partial charge is 0.507 e. The molecule has 0 spiro atoms. The second kappa shape index (κ2) is 7.29. The Labute approximate surface area is 141 Å². The van der Waals surface area contributed by atoms with Crippen LogP contribution in [0.1, 0.15) is 36.5 Å². The Balaban J connectivity index is 2.05. The van der Waals surface area contributed by atoms with E-state index in [9.17, 15) is 9.90 Å². The number of ether oxygens (including phenoxy) is 1. The Bertz CT molecular complexity index is 727. The molecule has 126 valence electrons. The smallest absolute Gasteiger partial charge is 0.343 e. The Morgan fingerprint density at radius 1 is 1.25 bits per heavy atom. The summed E-state index contributed by atoms with van der Waals surface area (Å²) in [6.07, 6.45) is 4.82. The van der Waals surface area contributed by atoms with Crippen LogP contribution in [0.25, 0.3) is 11.4 Å². The molecule has 1 aliphatic heterocycles. The van der Waals surface area contributed by atoms with Crippen molar-refractivity contribution in [3.05, 3.63) is 36.0 Å². The number of carbonyl (C=O) groups is 1. The zero-order valence-electron chi connectivity index (χ0n) is 13.7. The third-order valence-corrected chi connectivity index (χ3v) is 4.06. The van der Waals surface area contributed by atoms with E-state index in [1.807, 2.05) is 6.07 Å². The number of hydrogen-bond acceptors (Lipinski definition) is 6. The molecule has 1 aromatic heterocycles. The van der Waals surface area contributed by atoms with Gasteiger partial charge in [0.2, 0.25) is 0 Å². The summed E-state index contributed by atoms with van der Waals surface area (Å²) < 4.78 is 5.13. The van der Waals surface area contributed by atoms with Gasteiger partial charge < -0.3 is 14.7 Å². The van der Waals surface area contributed by atoms with Crippen molar-refractivity contribution in [2.24, 2.45) is 0 Å². The molecule has 6 heteroatoms. The molecule has 0 amide bonds. The van der Waals surface area contributed by atoms with Crippen LogP contribution >= 0.6 is 0 Å².